The number of thiophene rings is 1. The van der Waals surface area contributed by atoms with Crippen LogP contribution >= 0.6 is 11.3 Å². The lowest BCUT2D eigenvalue weighted by Gasteiger charge is -2.35. The van der Waals surface area contributed by atoms with Gasteiger partial charge >= 0.3 is 0 Å². The Hall–Kier alpha value is -1.73. The molecule has 0 spiro atoms. The Morgan fingerprint density at radius 1 is 1.25 bits per heavy atom. The zero-order chi connectivity index (χ0) is 16.7. The standard InChI is InChI=1S/C17H23N5OS/c1-11-12(2)24-17-15(11)16(18-10-19-17)22-7-5-21(6-8-22)9-14(23)20-13-3-4-13/h10,13H,3-9H2,1-2H3,(H,20,23). The minimum Gasteiger partial charge on any atom is -0.353 e. The Morgan fingerprint density at radius 3 is 2.71 bits per heavy atom. The molecule has 2 aromatic heterocycles. The van der Waals surface area contributed by atoms with Crippen LogP contribution in [0.4, 0.5) is 5.82 Å². The van der Waals surface area contributed by atoms with E-state index in [0.717, 1.165) is 49.7 Å². The summed E-state index contributed by atoms with van der Waals surface area (Å²) >= 11 is 1.74. The number of amides is 1. The van der Waals surface area contributed by atoms with Crippen LogP contribution in [0.3, 0.4) is 0 Å². The summed E-state index contributed by atoms with van der Waals surface area (Å²) in [6.07, 6.45) is 3.95. The van der Waals surface area contributed by atoms with Crippen molar-refractivity contribution in [3.8, 4) is 0 Å². The molecule has 2 aromatic rings. The van der Waals surface area contributed by atoms with Crippen LogP contribution in [0.15, 0.2) is 6.33 Å². The molecule has 1 N–H and O–H groups in total. The van der Waals surface area contributed by atoms with Crippen LogP contribution in [0.1, 0.15) is 23.3 Å². The topological polar surface area (TPSA) is 61.4 Å². The Morgan fingerprint density at radius 2 is 2.00 bits per heavy atom. The third-order valence-electron chi connectivity index (χ3n) is 4.93. The number of hydrogen-bond acceptors (Lipinski definition) is 6. The van der Waals surface area contributed by atoms with Gasteiger partial charge in [0.2, 0.25) is 5.91 Å². The van der Waals surface area contributed by atoms with Crippen molar-refractivity contribution in [2.75, 3.05) is 37.6 Å². The SMILES string of the molecule is Cc1sc2ncnc(N3CCN(CC(=O)NC4CC4)CC3)c2c1C. The van der Waals surface area contributed by atoms with Gasteiger partial charge in [0.15, 0.2) is 0 Å². The lowest BCUT2D eigenvalue weighted by Crippen LogP contribution is -2.50. The van der Waals surface area contributed by atoms with Crippen LogP contribution in [0, 0.1) is 13.8 Å². The minimum atomic E-state index is 0.166. The molecule has 0 atom stereocenters. The smallest absolute Gasteiger partial charge is 0.234 e. The van der Waals surface area contributed by atoms with E-state index in [-0.39, 0.29) is 5.91 Å². The molecular formula is C17H23N5OS. The largest absolute Gasteiger partial charge is 0.353 e. The highest BCUT2D eigenvalue weighted by atomic mass is 32.1. The Kier molecular flexibility index (Phi) is 4.14. The highest BCUT2D eigenvalue weighted by Gasteiger charge is 2.26. The first-order valence-electron chi connectivity index (χ1n) is 8.59. The zero-order valence-corrected chi connectivity index (χ0v) is 15.0. The van der Waals surface area contributed by atoms with Crippen LogP contribution in [0.2, 0.25) is 0 Å². The number of aromatic nitrogens is 2. The molecule has 1 aliphatic carbocycles. The number of nitrogens with one attached hydrogen (secondary N) is 1. The summed E-state index contributed by atoms with van der Waals surface area (Å²) < 4.78 is 0. The second-order valence-corrected chi connectivity index (χ2v) is 7.97. The van der Waals surface area contributed by atoms with Crippen LogP contribution in [0.5, 0.6) is 0 Å². The van der Waals surface area contributed by atoms with Gasteiger partial charge in [-0.1, -0.05) is 0 Å². The summed E-state index contributed by atoms with van der Waals surface area (Å²) in [6.45, 7) is 8.40. The van der Waals surface area contributed by atoms with Gasteiger partial charge in [0, 0.05) is 37.1 Å². The number of nitrogens with zero attached hydrogens (tertiary/aromatic N) is 4. The summed E-state index contributed by atoms with van der Waals surface area (Å²) in [5.74, 6) is 1.21. The molecule has 1 aliphatic heterocycles. The number of carbonyl (C=O) groups is 1. The van der Waals surface area contributed by atoms with Gasteiger partial charge in [0.05, 0.1) is 11.9 Å². The first-order valence-corrected chi connectivity index (χ1v) is 9.41. The summed E-state index contributed by atoms with van der Waals surface area (Å²) in [5.41, 5.74) is 1.29. The normalized spacial score (nSPS) is 19.0. The number of carbonyl (C=O) groups excluding carboxylic acids is 1. The first kappa shape index (κ1) is 15.8. The van der Waals surface area contributed by atoms with Crippen LogP contribution in [-0.2, 0) is 4.79 Å². The molecule has 2 aliphatic rings. The third kappa shape index (κ3) is 3.10. The molecule has 0 bridgehead atoms. The van der Waals surface area contributed by atoms with E-state index in [1.54, 1.807) is 17.7 Å². The van der Waals surface area contributed by atoms with Crippen LogP contribution < -0.4 is 10.2 Å². The van der Waals surface area contributed by atoms with Gasteiger partial charge in [-0.2, -0.15) is 0 Å². The van der Waals surface area contributed by atoms with E-state index in [2.05, 4.69) is 38.9 Å². The van der Waals surface area contributed by atoms with Gasteiger partial charge in [-0.05, 0) is 32.3 Å². The molecule has 24 heavy (non-hydrogen) atoms. The number of rotatable bonds is 4. The molecule has 1 saturated heterocycles. The minimum absolute atomic E-state index is 0.166. The first-order chi connectivity index (χ1) is 11.6. The van der Waals surface area contributed by atoms with Crippen molar-refractivity contribution >= 4 is 33.3 Å². The molecule has 3 heterocycles. The highest BCUT2D eigenvalue weighted by molar-refractivity contribution is 7.18. The lowest BCUT2D eigenvalue weighted by molar-refractivity contribution is -0.122. The van der Waals surface area contributed by atoms with E-state index >= 15 is 0 Å². The van der Waals surface area contributed by atoms with Crippen LogP contribution in [-0.4, -0.2) is 59.5 Å². The quantitative estimate of drug-likeness (QED) is 0.914. The van der Waals surface area contributed by atoms with E-state index in [4.69, 9.17) is 0 Å². The third-order valence-corrected chi connectivity index (χ3v) is 6.04. The lowest BCUT2D eigenvalue weighted by atomic mass is 10.2. The van der Waals surface area contributed by atoms with E-state index in [1.807, 2.05) is 0 Å². The number of aryl methyl sites for hydroxylation is 2. The molecule has 2 fully saturated rings. The van der Waals surface area contributed by atoms with E-state index < -0.39 is 0 Å². The van der Waals surface area contributed by atoms with Crippen molar-refractivity contribution in [2.24, 2.45) is 0 Å². The van der Waals surface area contributed by atoms with Crippen molar-refractivity contribution < 1.29 is 4.79 Å². The molecule has 1 saturated carbocycles. The Bertz CT molecular complexity index is 762. The average Bonchev–Trinajstić information content (AvgIpc) is 3.33. The molecule has 6 nitrogen and oxygen atoms in total. The number of anilines is 1. The predicted octanol–water partition coefficient (Wildman–Crippen LogP) is 1.71. The van der Waals surface area contributed by atoms with Gasteiger partial charge < -0.3 is 10.2 Å². The molecule has 1 amide bonds. The van der Waals surface area contributed by atoms with Crippen molar-refractivity contribution in [3.05, 3.63) is 16.8 Å². The van der Waals surface area contributed by atoms with Crippen molar-refractivity contribution in [1.82, 2.24) is 20.2 Å². The molecule has 0 radical (unpaired) electrons. The fourth-order valence-corrected chi connectivity index (χ4v) is 4.22. The Balaban J connectivity index is 1.43. The number of piperazine rings is 1. The van der Waals surface area contributed by atoms with Crippen molar-refractivity contribution in [3.63, 3.8) is 0 Å². The maximum Gasteiger partial charge on any atom is 0.234 e. The van der Waals surface area contributed by atoms with Crippen molar-refractivity contribution in [2.45, 2.75) is 32.7 Å². The molecule has 0 aromatic carbocycles. The van der Waals surface area contributed by atoms with E-state index in [9.17, 15) is 4.79 Å². The van der Waals surface area contributed by atoms with Crippen LogP contribution in [0.25, 0.3) is 10.2 Å². The average molecular weight is 345 g/mol. The maximum atomic E-state index is 11.9. The van der Waals surface area contributed by atoms with Gasteiger partial charge in [0.25, 0.3) is 0 Å². The van der Waals surface area contributed by atoms with Crippen molar-refractivity contribution in [1.29, 1.82) is 0 Å². The number of hydrogen-bond donors (Lipinski definition) is 1. The summed E-state index contributed by atoms with van der Waals surface area (Å²) in [5, 5.41) is 4.26. The monoisotopic (exact) mass is 345 g/mol. The van der Waals surface area contributed by atoms with Gasteiger partial charge in [-0.3, -0.25) is 9.69 Å². The fourth-order valence-electron chi connectivity index (χ4n) is 3.23. The van der Waals surface area contributed by atoms with Gasteiger partial charge in [-0.25, -0.2) is 9.97 Å². The molecule has 7 heteroatoms. The summed E-state index contributed by atoms with van der Waals surface area (Å²) in [4.78, 5) is 27.9. The number of fused-ring (bicyclic) bond motifs is 1. The fraction of sp³-hybridized carbons (Fsp3) is 0.588. The second kappa shape index (κ2) is 6.29. The molecule has 4 rings (SSSR count). The Labute approximate surface area is 145 Å². The predicted molar refractivity (Wildman–Crippen MR) is 96.7 cm³/mol. The molecule has 128 valence electrons. The van der Waals surface area contributed by atoms with Gasteiger partial charge in [0.1, 0.15) is 17.0 Å². The second-order valence-electron chi connectivity index (χ2n) is 6.77. The summed E-state index contributed by atoms with van der Waals surface area (Å²) in [6, 6.07) is 0.442. The van der Waals surface area contributed by atoms with E-state index in [0.29, 0.717) is 12.6 Å². The molecule has 0 unspecified atom stereocenters. The highest BCUT2D eigenvalue weighted by Crippen LogP contribution is 2.34. The maximum absolute atomic E-state index is 11.9. The molecular weight excluding hydrogens is 322 g/mol. The summed E-state index contributed by atoms with van der Waals surface area (Å²) in [7, 11) is 0. The zero-order valence-electron chi connectivity index (χ0n) is 14.2. The van der Waals surface area contributed by atoms with E-state index in [1.165, 1.54) is 15.8 Å². The van der Waals surface area contributed by atoms with Gasteiger partial charge in [-0.15, -0.1) is 11.3 Å².